The minimum absolute atomic E-state index is 0.123. The van der Waals surface area contributed by atoms with Gasteiger partial charge in [0, 0.05) is 12.5 Å². The van der Waals surface area contributed by atoms with Crippen molar-refractivity contribution in [2.75, 3.05) is 20.8 Å². The molecule has 6 nitrogen and oxygen atoms in total. The smallest absolute Gasteiger partial charge is 0.200 e. The third kappa shape index (κ3) is 4.84. The number of hydrogen-bond acceptors (Lipinski definition) is 6. The number of phenols is 1. The fourth-order valence-electron chi connectivity index (χ4n) is 2.94. The molecular weight excluding hydrogens is 360 g/mol. The Labute approximate surface area is 164 Å². The largest absolute Gasteiger partial charge is 0.507 e. The summed E-state index contributed by atoms with van der Waals surface area (Å²) in [5.41, 5.74) is 0.977. The van der Waals surface area contributed by atoms with Gasteiger partial charge in [0.15, 0.2) is 23.6 Å². The summed E-state index contributed by atoms with van der Waals surface area (Å²) >= 11 is 0. The number of allylic oxidation sites excluding steroid dienone is 1. The zero-order valence-corrected chi connectivity index (χ0v) is 16.0. The van der Waals surface area contributed by atoms with E-state index in [-0.39, 0.29) is 23.4 Å². The third-order valence-electron chi connectivity index (χ3n) is 4.48. The maximum Gasteiger partial charge on any atom is 0.200 e. The SMILES string of the molecule is COc1ccc(C(=O)C=Cc2ccc(OC)c(OC3CCCCO3)c2)c(O)c1. The quantitative estimate of drug-likeness (QED) is 0.569. The summed E-state index contributed by atoms with van der Waals surface area (Å²) in [7, 11) is 3.08. The van der Waals surface area contributed by atoms with E-state index in [1.54, 1.807) is 31.4 Å². The Morgan fingerprint density at radius 1 is 1.11 bits per heavy atom. The van der Waals surface area contributed by atoms with Crippen LogP contribution >= 0.6 is 0 Å². The molecule has 3 rings (SSSR count). The summed E-state index contributed by atoms with van der Waals surface area (Å²) in [4.78, 5) is 12.4. The summed E-state index contributed by atoms with van der Waals surface area (Å²) in [6.07, 6.45) is 5.72. The van der Waals surface area contributed by atoms with Gasteiger partial charge in [0.25, 0.3) is 0 Å². The van der Waals surface area contributed by atoms with Gasteiger partial charge in [0.05, 0.1) is 26.4 Å². The molecule has 0 amide bonds. The van der Waals surface area contributed by atoms with E-state index in [0.29, 0.717) is 23.9 Å². The lowest BCUT2D eigenvalue weighted by molar-refractivity contribution is -0.106. The van der Waals surface area contributed by atoms with Crippen molar-refractivity contribution in [3.8, 4) is 23.0 Å². The molecule has 2 aromatic rings. The van der Waals surface area contributed by atoms with Gasteiger partial charge >= 0.3 is 0 Å². The van der Waals surface area contributed by atoms with Gasteiger partial charge in [0.2, 0.25) is 0 Å². The van der Waals surface area contributed by atoms with Crippen LogP contribution in [0.5, 0.6) is 23.0 Å². The zero-order valence-electron chi connectivity index (χ0n) is 16.0. The van der Waals surface area contributed by atoms with E-state index in [1.807, 2.05) is 6.07 Å². The second-order valence-corrected chi connectivity index (χ2v) is 6.40. The van der Waals surface area contributed by atoms with E-state index in [9.17, 15) is 9.90 Å². The van der Waals surface area contributed by atoms with Crippen LogP contribution in [0.3, 0.4) is 0 Å². The van der Waals surface area contributed by atoms with Crippen molar-refractivity contribution in [1.82, 2.24) is 0 Å². The van der Waals surface area contributed by atoms with Crippen molar-refractivity contribution in [1.29, 1.82) is 0 Å². The van der Waals surface area contributed by atoms with Crippen LogP contribution in [0.2, 0.25) is 0 Å². The molecule has 0 saturated carbocycles. The van der Waals surface area contributed by atoms with Crippen molar-refractivity contribution in [2.24, 2.45) is 0 Å². The van der Waals surface area contributed by atoms with E-state index in [2.05, 4.69) is 0 Å². The van der Waals surface area contributed by atoms with Crippen LogP contribution in [0.4, 0.5) is 0 Å². The first-order valence-corrected chi connectivity index (χ1v) is 9.16. The Balaban J connectivity index is 1.75. The standard InChI is InChI=1S/C22H24O6/c1-25-16-8-9-17(19(24)14-16)18(23)10-6-15-7-11-20(26-2)21(13-15)28-22-5-3-4-12-27-22/h6-11,13-14,22,24H,3-5,12H2,1-2H3. The topological polar surface area (TPSA) is 74.2 Å². The van der Waals surface area contributed by atoms with Crippen LogP contribution in [-0.4, -0.2) is 38.0 Å². The number of carbonyl (C=O) groups is 1. The fourth-order valence-corrected chi connectivity index (χ4v) is 2.94. The molecule has 1 heterocycles. The van der Waals surface area contributed by atoms with Crippen molar-refractivity contribution in [3.05, 3.63) is 53.6 Å². The molecule has 1 atom stereocenters. The van der Waals surface area contributed by atoms with Gasteiger partial charge in [-0.1, -0.05) is 12.1 Å². The van der Waals surface area contributed by atoms with E-state index in [1.165, 1.54) is 25.3 Å². The number of ketones is 1. The van der Waals surface area contributed by atoms with Gasteiger partial charge in [-0.05, 0) is 48.7 Å². The summed E-state index contributed by atoms with van der Waals surface area (Å²) in [6, 6.07) is 9.98. The van der Waals surface area contributed by atoms with Gasteiger partial charge in [-0.15, -0.1) is 0 Å². The molecule has 1 aliphatic rings. The second kappa shape index (κ2) is 9.28. The predicted molar refractivity (Wildman–Crippen MR) is 105 cm³/mol. The monoisotopic (exact) mass is 384 g/mol. The van der Waals surface area contributed by atoms with Gasteiger partial charge in [-0.3, -0.25) is 4.79 Å². The summed E-state index contributed by atoms with van der Waals surface area (Å²) in [5.74, 6) is 1.22. The number of carbonyl (C=O) groups excluding carboxylic acids is 1. The molecule has 0 aliphatic carbocycles. The van der Waals surface area contributed by atoms with Gasteiger partial charge in [-0.2, -0.15) is 0 Å². The Bertz CT molecular complexity index is 852. The number of methoxy groups -OCH3 is 2. The first-order valence-electron chi connectivity index (χ1n) is 9.16. The maximum atomic E-state index is 12.4. The van der Waals surface area contributed by atoms with E-state index < -0.39 is 0 Å². The van der Waals surface area contributed by atoms with E-state index in [4.69, 9.17) is 18.9 Å². The highest BCUT2D eigenvalue weighted by molar-refractivity contribution is 6.08. The molecule has 28 heavy (non-hydrogen) atoms. The highest BCUT2D eigenvalue weighted by Gasteiger charge is 2.17. The highest BCUT2D eigenvalue weighted by atomic mass is 16.7. The number of rotatable bonds is 7. The molecule has 0 bridgehead atoms. The molecule has 1 saturated heterocycles. The molecule has 6 heteroatoms. The molecule has 1 aliphatic heterocycles. The Morgan fingerprint density at radius 3 is 2.64 bits per heavy atom. The Kier molecular flexibility index (Phi) is 6.55. The number of phenolic OH excluding ortho intramolecular Hbond substituents is 1. The van der Waals surface area contributed by atoms with Gasteiger partial charge in [0.1, 0.15) is 11.5 Å². The molecule has 0 spiro atoms. The van der Waals surface area contributed by atoms with Crippen molar-refractivity contribution in [2.45, 2.75) is 25.6 Å². The highest BCUT2D eigenvalue weighted by Crippen LogP contribution is 2.31. The normalized spacial score (nSPS) is 16.7. The van der Waals surface area contributed by atoms with Crippen LogP contribution in [-0.2, 0) is 4.74 Å². The van der Waals surface area contributed by atoms with Crippen molar-refractivity contribution >= 4 is 11.9 Å². The van der Waals surface area contributed by atoms with Gasteiger partial charge in [-0.25, -0.2) is 0 Å². The molecule has 148 valence electrons. The Hall–Kier alpha value is -2.99. The molecule has 1 fully saturated rings. The number of hydrogen-bond donors (Lipinski definition) is 1. The van der Waals surface area contributed by atoms with Crippen LogP contribution in [0, 0.1) is 0 Å². The third-order valence-corrected chi connectivity index (χ3v) is 4.48. The van der Waals surface area contributed by atoms with Gasteiger partial charge < -0.3 is 24.1 Å². The first-order chi connectivity index (χ1) is 13.6. The summed E-state index contributed by atoms with van der Waals surface area (Å²) in [5, 5.41) is 10.00. The minimum atomic E-state index is -0.311. The first kappa shape index (κ1) is 19.8. The molecule has 2 aromatic carbocycles. The van der Waals surface area contributed by atoms with Crippen molar-refractivity contribution in [3.63, 3.8) is 0 Å². The molecule has 1 unspecified atom stereocenters. The van der Waals surface area contributed by atoms with E-state index in [0.717, 1.165) is 24.8 Å². The fraction of sp³-hybridized carbons (Fsp3) is 0.318. The molecule has 1 N–H and O–H groups in total. The van der Waals surface area contributed by atoms with Crippen LogP contribution in [0.25, 0.3) is 6.08 Å². The number of ether oxygens (including phenoxy) is 4. The summed E-state index contributed by atoms with van der Waals surface area (Å²) in [6.45, 7) is 0.687. The Morgan fingerprint density at radius 2 is 1.96 bits per heavy atom. The average molecular weight is 384 g/mol. The molecule has 0 aromatic heterocycles. The lowest BCUT2D eigenvalue weighted by Crippen LogP contribution is -2.25. The number of aromatic hydroxyl groups is 1. The lowest BCUT2D eigenvalue weighted by atomic mass is 10.1. The number of benzene rings is 2. The lowest BCUT2D eigenvalue weighted by Gasteiger charge is -2.24. The van der Waals surface area contributed by atoms with Crippen molar-refractivity contribution < 1.29 is 28.8 Å². The van der Waals surface area contributed by atoms with Crippen LogP contribution < -0.4 is 14.2 Å². The molecular formula is C22H24O6. The average Bonchev–Trinajstić information content (AvgIpc) is 2.72. The predicted octanol–water partition coefficient (Wildman–Crippen LogP) is 4.21. The van der Waals surface area contributed by atoms with Crippen LogP contribution in [0.1, 0.15) is 35.2 Å². The van der Waals surface area contributed by atoms with Crippen LogP contribution in [0.15, 0.2) is 42.5 Å². The maximum absolute atomic E-state index is 12.4. The summed E-state index contributed by atoms with van der Waals surface area (Å²) < 4.78 is 21.9. The second-order valence-electron chi connectivity index (χ2n) is 6.40. The minimum Gasteiger partial charge on any atom is -0.507 e. The zero-order chi connectivity index (χ0) is 19.9. The molecule has 0 radical (unpaired) electrons. The van der Waals surface area contributed by atoms with E-state index >= 15 is 0 Å².